The van der Waals surface area contributed by atoms with E-state index >= 15 is 0 Å². The van der Waals surface area contributed by atoms with Gasteiger partial charge in [-0.2, -0.15) is 5.10 Å². The number of hydrazone groups is 1. The van der Waals surface area contributed by atoms with Crippen LogP contribution in [0.3, 0.4) is 0 Å². The van der Waals surface area contributed by atoms with Crippen molar-refractivity contribution in [2.75, 3.05) is 0 Å². The molecule has 1 saturated carbocycles. The first-order valence-electron chi connectivity index (χ1n) is 7.43. The molecule has 1 fully saturated rings. The number of rotatable bonds is 5. The second-order valence-electron chi connectivity index (χ2n) is 5.38. The Balaban J connectivity index is 2.13. The molecule has 0 amide bonds. The summed E-state index contributed by atoms with van der Waals surface area (Å²) in [7, 11) is 0. The minimum atomic E-state index is -1.21. The maximum atomic E-state index is 13.1. The van der Waals surface area contributed by atoms with E-state index in [9.17, 15) is 4.39 Å². The fraction of sp³-hybridized carbons (Fsp3) is 0.571. The molecule has 0 aromatic heterocycles. The van der Waals surface area contributed by atoms with Crippen LogP contribution in [-0.4, -0.2) is 35.9 Å². The maximum Gasteiger partial charge on any atom is 0.191 e. The zero-order valence-electron chi connectivity index (χ0n) is 12.6. The molecule has 0 aromatic rings. The van der Waals surface area contributed by atoms with Crippen molar-refractivity contribution in [3.63, 3.8) is 0 Å². The Kier molecular flexibility index (Phi) is 5.62. The van der Waals surface area contributed by atoms with Gasteiger partial charge in [-0.25, -0.2) is 14.4 Å². The Morgan fingerprint density at radius 3 is 2.91 bits per heavy atom. The van der Waals surface area contributed by atoms with Gasteiger partial charge in [0, 0.05) is 24.7 Å². The molecular weight excluding hydrogens is 285 g/mol. The van der Waals surface area contributed by atoms with Crippen molar-refractivity contribution in [3.8, 4) is 0 Å². The minimum absolute atomic E-state index is 0.103. The summed E-state index contributed by atoms with van der Waals surface area (Å²) in [5, 5.41) is 14.6. The van der Waals surface area contributed by atoms with Gasteiger partial charge in [0.15, 0.2) is 18.0 Å². The summed E-state index contributed by atoms with van der Waals surface area (Å²) < 4.78 is 13.1. The molecular formula is C14H22FN7. The Hall–Kier alpha value is -2.25. The van der Waals surface area contributed by atoms with Crippen molar-refractivity contribution >= 4 is 23.6 Å². The van der Waals surface area contributed by atoms with Crippen molar-refractivity contribution in [2.24, 2.45) is 26.7 Å². The van der Waals surface area contributed by atoms with Gasteiger partial charge in [-0.1, -0.05) is 13.3 Å². The van der Waals surface area contributed by atoms with Crippen LogP contribution in [0.2, 0.25) is 0 Å². The van der Waals surface area contributed by atoms with Gasteiger partial charge in [0.2, 0.25) is 0 Å². The van der Waals surface area contributed by atoms with E-state index in [2.05, 4.69) is 32.8 Å². The number of nitrogens with one attached hydrogen (secondary N) is 3. The number of nitrogens with two attached hydrogens (primary N) is 1. The standard InChI is InChI=1S/C14H22FN7/c1-2-9-5-10(6-9)19-14(11(8-17)18-4-3-16)20-13-7-12(15)21-22-13/h3-4,8-10,12,17,21H,2,5-7,16H2,1H3,(H,19,20,22)/b4-3+,17-8?,18-11-. The van der Waals surface area contributed by atoms with Crippen LogP contribution in [0.25, 0.3) is 0 Å². The number of alkyl halides is 1. The largest absolute Gasteiger partial charge is 0.403 e. The molecule has 1 unspecified atom stereocenters. The average Bonchev–Trinajstić information content (AvgIpc) is 2.87. The Morgan fingerprint density at radius 1 is 1.59 bits per heavy atom. The third-order valence-corrected chi connectivity index (χ3v) is 3.77. The molecule has 2 rings (SSSR count). The van der Waals surface area contributed by atoms with Crippen molar-refractivity contribution in [1.29, 1.82) is 5.41 Å². The van der Waals surface area contributed by atoms with Crippen molar-refractivity contribution in [3.05, 3.63) is 12.4 Å². The molecule has 1 heterocycles. The first-order valence-corrected chi connectivity index (χ1v) is 7.43. The third kappa shape index (κ3) is 4.12. The van der Waals surface area contributed by atoms with E-state index in [0.29, 0.717) is 23.4 Å². The monoisotopic (exact) mass is 307 g/mol. The molecule has 0 saturated heterocycles. The summed E-state index contributed by atoms with van der Waals surface area (Å²) in [5.74, 6) is 1.51. The quantitative estimate of drug-likeness (QED) is 0.349. The molecule has 5 N–H and O–H groups in total. The van der Waals surface area contributed by atoms with Gasteiger partial charge < -0.3 is 16.5 Å². The van der Waals surface area contributed by atoms with Crippen LogP contribution in [0.4, 0.5) is 4.39 Å². The van der Waals surface area contributed by atoms with E-state index in [1.165, 1.54) is 12.4 Å². The van der Waals surface area contributed by atoms with Crippen LogP contribution < -0.4 is 16.5 Å². The van der Waals surface area contributed by atoms with Crippen molar-refractivity contribution < 1.29 is 4.39 Å². The highest BCUT2D eigenvalue weighted by Crippen LogP contribution is 2.29. The Bertz CT molecular complexity index is 517. The summed E-state index contributed by atoms with van der Waals surface area (Å²) in [6.45, 7) is 2.17. The molecule has 0 spiro atoms. The summed E-state index contributed by atoms with van der Waals surface area (Å²) in [6, 6.07) is 0.298. The van der Waals surface area contributed by atoms with E-state index < -0.39 is 6.30 Å². The van der Waals surface area contributed by atoms with Gasteiger partial charge in [-0.15, -0.1) is 0 Å². The topological polar surface area (TPSA) is 111 Å². The van der Waals surface area contributed by atoms with Crippen LogP contribution in [-0.2, 0) is 0 Å². The molecule has 120 valence electrons. The lowest BCUT2D eigenvalue weighted by molar-refractivity contribution is 0.240. The highest BCUT2D eigenvalue weighted by molar-refractivity contribution is 6.62. The van der Waals surface area contributed by atoms with Crippen molar-refractivity contribution in [2.45, 2.75) is 44.9 Å². The van der Waals surface area contributed by atoms with E-state index in [-0.39, 0.29) is 6.42 Å². The number of amidine groups is 2. The lowest BCUT2D eigenvalue weighted by atomic mass is 9.78. The van der Waals surface area contributed by atoms with Crippen LogP contribution >= 0.6 is 0 Å². The summed E-state index contributed by atoms with van der Waals surface area (Å²) in [5.41, 5.74) is 7.95. The molecule has 8 heteroatoms. The summed E-state index contributed by atoms with van der Waals surface area (Å²) in [6.07, 6.45) is 5.94. The highest BCUT2D eigenvalue weighted by atomic mass is 19.1. The van der Waals surface area contributed by atoms with E-state index in [1.54, 1.807) is 0 Å². The first kappa shape index (κ1) is 16.1. The van der Waals surface area contributed by atoms with E-state index in [0.717, 1.165) is 31.4 Å². The number of hydrogen-bond acceptors (Lipinski definition) is 6. The van der Waals surface area contributed by atoms with Crippen molar-refractivity contribution in [1.82, 2.24) is 10.7 Å². The lowest BCUT2D eigenvalue weighted by Crippen LogP contribution is -2.47. The molecule has 0 aromatic carbocycles. The molecule has 1 aliphatic heterocycles. The predicted octanol–water partition coefficient (Wildman–Crippen LogP) is 1.29. The van der Waals surface area contributed by atoms with Gasteiger partial charge in [0.1, 0.15) is 5.71 Å². The Morgan fingerprint density at radius 2 is 2.36 bits per heavy atom. The van der Waals surface area contributed by atoms with Gasteiger partial charge in [-0.05, 0) is 18.8 Å². The number of nitrogens with zero attached hydrogens (tertiary/aromatic N) is 3. The lowest BCUT2D eigenvalue weighted by Gasteiger charge is -2.36. The molecule has 0 radical (unpaired) electrons. The molecule has 0 bridgehead atoms. The third-order valence-electron chi connectivity index (χ3n) is 3.77. The smallest absolute Gasteiger partial charge is 0.191 e. The first-order chi connectivity index (χ1) is 10.7. The average molecular weight is 307 g/mol. The number of aliphatic imine (C=N–C) groups is 2. The fourth-order valence-corrected chi connectivity index (χ4v) is 2.43. The van der Waals surface area contributed by atoms with Crippen LogP contribution in [0, 0.1) is 11.3 Å². The molecule has 2 aliphatic rings. The van der Waals surface area contributed by atoms with Crippen LogP contribution in [0.15, 0.2) is 27.5 Å². The normalized spacial score (nSPS) is 29.0. The second kappa shape index (κ2) is 7.67. The van der Waals surface area contributed by atoms with E-state index in [1.807, 2.05) is 0 Å². The highest BCUT2D eigenvalue weighted by Gasteiger charge is 2.29. The van der Waals surface area contributed by atoms with Gasteiger partial charge in [0.25, 0.3) is 0 Å². The van der Waals surface area contributed by atoms with Crippen LogP contribution in [0.5, 0.6) is 0 Å². The minimum Gasteiger partial charge on any atom is -0.403 e. The molecule has 7 nitrogen and oxygen atoms in total. The molecule has 1 aliphatic carbocycles. The van der Waals surface area contributed by atoms with Gasteiger partial charge >= 0.3 is 0 Å². The number of hydrogen-bond donors (Lipinski definition) is 4. The maximum absolute atomic E-state index is 13.1. The SMILES string of the molecule is CCC1CC(NC(=N/C2=NNC(F)C2)/C(C=N)=N\C=C\N)C1. The number of halogens is 1. The second-order valence-corrected chi connectivity index (χ2v) is 5.38. The Labute approximate surface area is 129 Å². The van der Waals surface area contributed by atoms with Crippen LogP contribution in [0.1, 0.15) is 32.6 Å². The summed E-state index contributed by atoms with van der Waals surface area (Å²) >= 11 is 0. The summed E-state index contributed by atoms with van der Waals surface area (Å²) in [4.78, 5) is 8.40. The fourth-order valence-electron chi connectivity index (χ4n) is 2.43. The van der Waals surface area contributed by atoms with Gasteiger partial charge in [0.05, 0.1) is 6.42 Å². The zero-order chi connectivity index (χ0) is 15.9. The van der Waals surface area contributed by atoms with Gasteiger partial charge in [-0.3, -0.25) is 5.43 Å². The molecule has 1 atom stereocenters. The van der Waals surface area contributed by atoms with E-state index in [4.69, 9.17) is 11.1 Å². The molecule has 22 heavy (non-hydrogen) atoms. The predicted molar refractivity (Wildman–Crippen MR) is 87.0 cm³/mol. The zero-order valence-corrected chi connectivity index (χ0v) is 12.6.